The number of fused-ring (bicyclic) bond motifs is 1. The molecule has 0 atom stereocenters. The van der Waals surface area contributed by atoms with Gasteiger partial charge in [0.2, 0.25) is 0 Å². The summed E-state index contributed by atoms with van der Waals surface area (Å²) >= 11 is 0. The highest BCUT2D eigenvalue weighted by atomic mass is 16.1. The van der Waals surface area contributed by atoms with E-state index in [1.165, 1.54) is 12.8 Å². The van der Waals surface area contributed by atoms with Gasteiger partial charge in [-0.05, 0) is 44.1 Å². The number of nitrogens with two attached hydrogens (primary N) is 1. The fourth-order valence-electron chi connectivity index (χ4n) is 2.68. The van der Waals surface area contributed by atoms with Crippen molar-refractivity contribution in [1.29, 1.82) is 0 Å². The Balaban J connectivity index is 1.88. The highest BCUT2D eigenvalue weighted by molar-refractivity contribution is 6.04. The number of rotatable bonds is 4. The number of primary amides is 1. The Bertz CT molecular complexity index is 599. The van der Waals surface area contributed by atoms with E-state index in [-0.39, 0.29) is 0 Å². The van der Waals surface area contributed by atoms with Gasteiger partial charge in [-0.15, -0.1) is 0 Å². The van der Waals surface area contributed by atoms with Crippen molar-refractivity contribution in [2.45, 2.75) is 19.4 Å². The van der Waals surface area contributed by atoms with E-state index in [1.807, 2.05) is 6.07 Å². The molecule has 1 saturated heterocycles. The summed E-state index contributed by atoms with van der Waals surface area (Å²) in [6.07, 6.45) is 2.53. The van der Waals surface area contributed by atoms with Crippen molar-refractivity contribution in [2.24, 2.45) is 5.73 Å². The minimum absolute atomic E-state index is 0.427. The molecular weight excluding hydrogens is 240 g/mol. The lowest BCUT2D eigenvalue weighted by Gasteiger charge is -2.14. The molecule has 1 aromatic heterocycles. The average molecular weight is 257 g/mol. The Labute approximate surface area is 112 Å². The highest BCUT2D eigenvalue weighted by Crippen LogP contribution is 2.18. The van der Waals surface area contributed by atoms with Crippen molar-refractivity contribution in [1.82, 2.24) is 14.7 Å². The van der Waals surface area contributed by atoms with Crippen LogP contribution in [0.3, 0.4) is 0 Å². The van der Waals surface area contributed by atoms with Gasteiger partial charge in [0.15, 0.2) is 0 Å². The first-order valence-electron chi connectivity index (χ1n) is 6.64. The lowest BCUT2D eigenvalue weighted by molar-refractivity contribution is 0.0990. The van der Waals surface area contributed by atoms with Crippen LogP contribution in [0.15, 0.2) is 18.2 Å². The number of nitrogens with zero attached hydrogens (tertiary/aromatic N) is 3. The fraction of sp³-hybridized carbons (Fsp3) is 0.429. The lowest BCUT2D eigenvalue weighted by atomic mass is 10.2. The Morgan fingerprint density at radius 1 is 1.37 bits per heavy atom. The van der Waals surface area contributed by atoms with Crippen LogP contribution in [0, 0.1) is 6.07 Å². The van der Waals surface area contributed by atoms with Gasteiger partial charge < -0.3 is 10.6 Å². The Morgan fingerprint density at radius 3 is 2.89 bits per heavy atom. The number of hydrogen-bond donors (Lipinski definition) is 1. The molecule has 19 heavy (non-hydrogen) atoms. The molecule has 2 heterocycles. The van der Waals surface area contributed by atoms with Crippen LogP contribution in [0.5, 0.6) is 0 Å². The number of hydrogen-bond acceptors (Lipinski definition) is 3. The van der Waals surface area contributed by atoms with Crippen molar-refractivity contribution in [2.75, 3.05) is 19.6 Å². The van der Waals surface area contributed by atoms with Crippen LogP contribution in [0.2, 0.25) is 0 Å². The van der Waals surface area contributed by atoms with Crippen molar-refractivity contribution in [3.8, 4) is 0 Å². The van der Waals surface area contributed by atoms with Crippen LogP contribution in [0.4, 0.5) is 0 Å². The van der Waals surface area contributed by atoms with Crippen LogP contribution in [0.25, 0.3) is 10.9 Å². The summed E-state index contributed by atoms with van der Waals surface area (Å²) in [6.45, 7) is 3.89. The number of likely N-dealkylation sites (tertiary alicyclic amines) is 1. The molecule has 1 aliphatic rings. The summed E-state index contributed by atoms with van der Waals surface area (Å²) < 4.78 is 1.74. The minimum atomic E-state index is -0.427. The molecule has 0 bridgehead atoms. The third-order valence-electron chi connectivity index (χ3n) is 3.64. The molecule has 0 unspecified atom stereocenters. The molecule has 99 valence electrons. The summed E-state index contributed by atoms with van der Waals surface area (Å²) in [4.78, 5) is 14.0. The number of amides is 1. The van der Waals surface area contributed by atoms with E-state index < -0.39 is 5.91 Å². The quantitative estimate of drug-likeness (QED) is 0.889. The minimum Gasteiger partial charge on any atom is -0.364 e. The first kappa shape index (κ1) is 12.2. The third-order valence-corrected chi connectivity index (χ3v) is 3.64. The largest absolute Gasteiger partial charge is 0.364 e. The molecule has 0 spiro atoms. The number of aromatic nitrogens is 2. The highest BCUT2D eigenvalue weighted by Gasteiger charge is 2.17. The fourth-order valence-corrected chi connectivity index (χ4v) is 2.68. The van der Waals surface area contributed by atoms with Gasteiger partial charge in [0.25, 0.3) is 5.91 Å². The molecule has 2 N–H and O–H groups in total. The first-order chi connectivity index (χ1) is 9.25. The first-order valence-corrected chi connectivity index (χ1v) is 6.64. The van der Waals surface area contributed by atoms with E-state index >= 15 is 0 Å². The van der Waals surface area contributed by atoms with Crippen LogP contribution in [-0.4, -0.2) is 40.2 Å². The normalized spacial score (nSPS) is 16.2. The Hall–Kier alpha value is -1.88. The van der Waals surface area contributed by atoms with E-state index in [2.05, 4.69) is 16.1 Å². The van der Waals surface area contributed by atoms with Crippen molar-refractivity contribution in [3.05, 3.63) is 30.0 Å². The number of carbonyl (C=O) groups is 1. The summed E-state index contributed by atoms with van der Waals surface area (Å²) in [6, 6.07) is 8.39. The van der Waals surface area contributed by atoms with Crippen LogP contribution in [-0.2, 0) is 6.54 Å². The SMILES string of the molecule is NC(=O)c1c2c[c]ccc2nn1CCN1CCCC1. The molecule has 1 aliphatic heterocycles. The van der Waals surface area contributed by atoms with Gasteiger partial charge in [0, 0.05) is 11.9 Å². The lowest BCUT2D eigenvalue weighted by Crippen LogP contribution is -2.27. The summed E-state index contributed by atoms with van der Waals surface area (Å²) in [5, 5.41) is 5.25. The number of benzene rings is 1. The smallest absolute Gasteiger partial charge is 0.267 e. The molecule has 5 heteroatoms. The zero-order chi connectivity index (χ0) is 13.2. The molecule has 0 aliphatic carbocycles. The predicted molar refractivity (Wildman–Crippen MR) is 72.8 cm³/mol. The van der Waals surface area contributed by atoms with Gasteiger partial charge in [-0.25, -0.2) is 0 Å². The maximum Gasteiger partial charge on any atom is 0.267 e. The summed E-state index contributed by atoms with van der Waals surface area (Å²) in [5.74, 6) is -0.427. The molecule has 5 nitrogen and oxygen atoms in total. The van der Waals surface area contributed by atoms with E-state index in [0.717, 1.165) is 30.5 Å². The topological polar surface area (TPSA) is 64.2 Å². The van der Waals surface area contributed by atoms with Gasteiger partial charge >= 0.3 is 0 Å². The molecule has 1 radical (unpaired) electrons. The van der Waals surface area contributed by atoms with Gasteiger partial charge in [-0.1, -0.05) is 6.07 Å². The molecule has 1 amide bonds. The van der Waals surface area contributed by atoms with Crippen LogP contribution in [0.1, 0.15) is 23.3 Å². The van der Waals surface area contributed by atoms with Crippen LogP contribution >= 0.6 is 0 Å². The van der Waals surface area contributed by atoms with E-state index in [1.54, 1.807) is 16.8 Å². The Kier molecular flexibility index (Phi) is 3.21. The van der Waals surface area contributed by atoms with Crippen molar-refractivity contribution >= 4 is 16.8 Å². The molecule has 0 saturated carbocycles. The standard InChI is InChI=1S/C14H17N4O/c15-14(19)13-11-5-1-2-6-12(11)16-18(13)10-9-17-7-3-4-8-17/h2,5-6H,3-4,7-10H2,(H2,15,19). The van der Waals surface area contributed by atoms with E-state index in [9.17, 15) is 4.79 Å². The Morgan fingerprint density at radius 2 is 2.16 bits per heavy atom. The van der Waals surface area contributed by atoms with Gasteiger partial charge in [0.1, 0.15) is 5.69 Å². The average Bonchev–Trinajstić information content (AvgIpc) is 3.03. The second kappa shape index (κ2) is 5.01. The maximum absolute atomic E-state index is 11.6. The van der Waals surface area contributed by atoms with Crippen molar-refractivity contribution in [3.63, 3.8) is 0 Å². The molecule has 3 rings (SSSR count). The monoisotopic (exact) mass is 257 g/mol. The predicted octanol–water partition coefficient (Wildman–Crippen LogP) is 1.03. The second-order valence-corrected chi connectivity index (χ2v) is 4.93. The van der Waals surface area contributed by atoms with Gasteiger partial charge in [-0.3, -0.25) is 9.48 Å². The molecular formula is C14H17N4O. The van der Waals surface area contributed by atoms with E-state index in [4.69, 9.17) is 5.73 Å². The zero-order valence-electron chi connectivity index (χ0n) is 10.8. The summed E-state index contributed by atoms with van der Waals surface area (Å²) in [7, 11) is 0. The third kappa shape index (κ3) is 2.33. The van der Waals surface area contributed by atoms with E-state index in [0.29, 0.717) is 12.2 Å². The van der Waals surface area contributed by atoms with Gasteiger partial charge in [0.05, 0.1) is 12.1 Å². The van der Waals surface area contributed by atoms with Crippen LogP contribution < -0.4 is 5.73 Å². The van der Waals surface area contributed by atoms with Gasteiger partial charge in [-0.2, -0.15) is 5.10 Å². The molecule has 2 aromatic rings. The van der Waals surface area contributed by atoms with Crippen molar-refractivity contribution < 1.29 is 4.79 Å². The molecule has 1 fully saturated rings. The molecule has 1 aromatic carbocycles. The zero-order valence-corrected chi connectivity index (χ0v) is 10.8. The summed E-state index contributed by atoms with van der Waals surface area (Å²) in [5.41, 5.74) is 6.77. The maximum atomic E-state index is 11.6. The second-order valence-electron chi connectivity index (χ2n) is 4.93. The number of carbonyl (C=O) groups excluding carboxylic acids is 1.